The summed E-state index contributed by atoms with van der Waals surface area (Å²) < 4.78 is 0. The van der Waals surface area contributed by atoms with E-state index in [1.807, 2.05) is 30.3 Å². The number of allylic oxidation sites excluding steroid dienone is 1. The van der Waals surface area contributed by atoms with E-state index in [-0.39, 0.29) is 5.70 Å². The summed E-state index contributed by atoms with van der Waals surface area (Å²) in [5.74, 6) is 5.26. The third-order valence-electron chi connectivity index (χ3n) is 3.42. The van der Waals surface area contributed by atoms with Crippen molar-refractivity contribution >= 4 is 5.70 Å². The highest BCUT2D eigenvalue weighted by molar-refractivity contribution is 5.72. The molecule has 0 aliphatic rings. The molecule has 2 aromatic rings. The lowest BCUT2D eigenvalue weighted by molar-refractivity contribution is 0.920. The van der Waals surface area contributed by atoms with Gasteiger partial charge in [-0.1, -0.05) is 55.5 Å². The fourth-order valence-electron chi connectivity index (χ4n) is 2.09. The molecule has 0 saturated carbocycles. The molecule has 0 aliphatic heterocycles. The van der Waals surface area contributed by atoms with Gasteiger partial charge in [0.15, 0.2) is 5.70 Å². The topological polar surface area (TPSA) is 87.9 Å². The van der Waals surface area contributed by atoms with Crippen molar-refractivity contribution in [2.24, 2.45) is 11.6 Å². The van der Waals surface area contributed by atoms with Crippen molar-refractivity contribution in [1.29, 1.82) is 5.26 Å². The number of hydrogen-bond acceptors (Lipinski definition) is 4. The predicted molar refractivity (Wildman–Crippen MR) is 85.3 cm³/mol. The first-order chi connectivity index (χ1) is 10.2. The van der Waals surface area contributed by atoms with E-state index in [2.05, 4.69) is 36.6 Å². The minimum Gasteiger partial charge on any atom is -0.396 e. The average Bonchev–Trinajstić information content (AvgIpc) is 2.56. The van der Waals surface area contributed by atoms with Crippen LogP contribution in [0.1, 0.15) is 18.1 Å². The van der Waals surface area contributed by atoms with Gasteiger partial charge in [-0.05, 0) is 23.1 Å². The Bertz CT molecular complexity index is 676. The highest BCUT2D eigenvalue weighted by atomic mass is 15.2. The van der Waals surface area contributed by atoms with Gasteiger partial charge >= 0.3 is 0 Å². The fraction of sp³-hybridized carbons (Fsp3) is 0.118. The van der Waals surface area contributed by atoms with Gasteiger partial charge in [0.2, 0.25) is 0 Å². The second kappa shape index (κ2) is 6.60. The van der Waals surface area contributed by atoms with Crippen LogP contribution in [0.4, 0.5) is 0 Å². The number of hydrogen-bond donors (Lipinski definition) is 3. The van der Waals surface area contributed by atoms with Gasteiger partial charge in [0.25, 0.3) is 0 Å². The molecule has 0 bridgehead atoms. The van der Waals surface area contributed by atoms with Crippen LogP contribution in [0.25, 0.3) is 16.8 Å². The van der Waals surface area contributed by atoms with Gasteiger partial charge in [0.1, 0.15) is 6.07 Å². The molecular weight excluding hydrogens is 260 g/mol. The van der Waals surface area contributed by atoms with Crippen LogP contribution in [0.3, 0.4) is 0 Å². The second-order valence-electron chi connectivity index (χ2n) is 4.67. The summed E-state index contributed by atoms with van der Waals surface area (Å²) in [6.07, 6.45) is 1.03. The number of rotatable bonds is 4. The summed E-state index contributed by atoms with van der Waals surface area (Å²) in [5.41, 5.74) is 13.0. The van der Waals surface area contributed by atoms with Crippen LogP contribution in [-0.4, -0.2) is 0 Å². The van der Waals surface area contributed by atoms with Crippen molar-refractivity contribution in [3.8, 4) is 17.2 Å². The Morgan fingerprint density at radius 1 is 1.05 bits per heavy atom. The largest absolute Gasteiger partial charge is 0.396 e. The van der Waals surface area contributed by atoms with E-state index in [4.69, 9.17) is 16.8 Å². The van der Waals surface area contributed by atoms with E-state index < -0.39 is 0 Å². The molecule has 5 N–H and O–H groups in total. The number of nitrogens with two attached hydrogens (primary N) is 2. The van der Waals surface area contributed by atoms with Gasteiger partial charge in [0, 0.05) is 5.56 Å². The van der Waals surface area contributed by atoms with E-state index in [9.17, 15) is 0 Å². The SMILES string of the molecule is CCc1ccc(-c2ccc(/C(N)=C(\C#N)NN)cc2)cc1. The minimum absolute atomic E-state index is 0.162. The summed E-state index contributed by atoms with van der Waals surface area (Å²) in [5, 5.41) is 8.91. The number of nitriles is 1. The van der Waals surface area contributed by atoms with Crippen LogP contribution in [0.15, 0.2) is 54.2 Å². The van der Waals surface area contributed by atoms with Crippen LogP contribution < -0.4 is 17.0 Å². The Morgan fingerprint density at radius 3 is 2.00 bits per heavy atom. The fourth-order valence-corrected chi connectivity index (χ4v) is 2.09. The molecule has 0 heterocycles. The molecule has 0 unspecified atom stereocenters. The van der Waals surface area contributed by atoms with Gasteiger partial charge in [-0.15, -0.1) is 0 Å². The molecule has 0 radical (unpaired) electrons. The van der Waals surface area contributed by atoms with E-state index in [0.717, 1.165) is 23.1 Å². The van der Waals surface area contributed by atoms with Crippen molar-refractivity contribution in [1.82, 2.24) is 5.43 Å². The Kier molecular flexibility index (Phi) is 4.60. The maximum atomic E-state index is 8.91. The first-order valence-electron chi connectivity index (χ1n) is 6.75. The van der Waals surface area contributed by atoms with E-state index >= 15 is 0 Å². The van der Waals surface area contributed by atoms with Crippen molar-refractivity contribution in [3.05, 3.63) is 65.4 Å². The maximum Gasteiger partial charge on any atom is 0.151 e. The summed E-state index contributed by atoms with van der Waals surface area (Å²) in [4.78, 5) is 0. The van der Waals surface area contributed by atoms with Gasteiger partial charge in [0.05, 0.1) is 5.70 Å². The van der Waals surface area contributed by atoms with E-state index in [1.165, 1.54) is 5.56 Å². The first kappa shape index (κ1) is 14.6. The maximum absolute atomic E-state index is 8.91. The lowest BCUT2D eigenvalue weighted by Gasteiger charge is -2.07. The zero-order valence-electron chi connectivity index (χ0n) is 11.9. The molecule has 4 nitrogen and oxygen atoms in total. The number of hydrazine groups is 1. The summed E-state index contributed by atoms with van der Waals surface area (Å²) in [7, 11) is 0. The Morgan fingerprint density at radius 2 is 1.57 bits per heavy atom. The zero-order chi connectivity index (χ0) is 15.2. The van der Waals surface area contributed by atoms with Crippen molar-refractivity contribution in [2.45, 2.75) is 13.3 Å². The summed E-state index contributed by atoms with van der Waals surface area (Å²) in [6, 6.07) is 18.1. The smallest absolute Gasteiger partial charge is 0.151 e. The van der Waals surface area contributed by atoms with Crippen LogP contribution >= 0.6 is 0 Å². The van der Waals surface area contributed by atoms with Crippen LogP contribution in [0, 0.1) is 11.3 Å². The predicted octanol–water partition coefficient (Wildman–Crippen LogP) is 2.53. The molecule has 0 saturated heterocycles. The Hall–Kier alpha value is -2.77. The van der Waals surface area contributed by atoms with Crippen LogP contribution in [-0.2, 0) is 6.42 Å². The molecule has 106 valence electrons. The second-order valence-corrected chi connectivity index (χ2v) is 4.67. The molecular formula is C17H18N4. The molecule has 4 heteroatoms. The van der Waals surface area contributed by atoms with Crippen molar-refractivity contribution in [3.63, 3.8) is 0 Å². The molecule has 2 rings (SSSR count). The molecule has 0 amide bonds. The molecule has 21 heavy (non-hydrogen) atoms. The Balaban J connectivity index is 2.30. The molecule has 2 aromatic carbocycles. The molecule has 0 aliphatic carbocycles. The van der Waals surface area contributed by atoms with Crippen molar-refractivity contribution < 1.29 is 0 Å². The van der Waals surface area contributed by atoms with Gasteiger partial charge < -0.3 is 11.2 Å². The quantitative estimate of drug-likeness (QED) is 0.455. The average molecular weight is 278 g/mol. The van der Waals surface area contributed by atoms with E-state index in [1.54, 1.807) is 0 Å². The molecule has 0 fully saturated rings. The highest BCUT2D eigenvalue weighted by Crippen LogP contribution is 2.22. The lowest BCUT2D eigenvalue weighted by Crippen LogP contribution is -2.23. The molecule has 0 aromatic heterocycles. The normalized spacial score (nSPS) is 11.5. The third-order valence-corrected chi connectivity index (χ3v) is 3.42. The standard InChI is InChI=1S/C17H18N4/c1-2-12-3-5-13(6-4-12)14-7-9-15(10-8-14)17(19)16(11-18)21-20/h3-10,21H,2,19-20H2,1H3/b17-16-. The van der Waals surface area contributed by atoms with E-state index in [0.29, 0.717) is 5.70 Å². The number of benzene rings is 2. The van der Waals surface area contributed by atoms with Gasteiger partial charge in [-0.2, -0.15) is 5.26 Å². The first-order valence-corrected chi connectivity index (χ1v) is 6.75. The highest BCUT2D eigenvalue weighted by Gasteiger charge is 2.05. The van der Waals surface area contributed by atoms with Crippen LogP contribution in [0.2, 0.25) is 0 Å². The Labute approximate surface area is 124 Å². The number of aryl methyl sites for hydroxylation is 1. The molecule has 0 atom stereocenters. The third kappa shape index (κ3) is 3.22. The summed E-state index contributed by atoms with van der Waals surface area (Å²) >= 11 is 0. The minimum atomic E-state index is 0.162. The van der Waals surface area contributed by atoms with Crippen LogP contribution in [0.5, 0.6) is 0 Å². The summed E-state index contributed by atoms with van der Waals surface area (Å²) in [6.45, 7) is 2.14. The van der Waals surface area contributed by atoms with Gasteiger partial charge in [-0.25, -0.2) is 5.84 Å². The number of nitrogens with one attached hydrogen (secondary N) is 1. The molecule has 0 spiro atoms. The zero-order valence-corrected chi connectivity index (χ0v) is 11.9. The lowest BCUT2D eigenvalue weighted by atomic mass is 10.0. The number of nitrogens with zero attached hydrogens (tertiary/aromatic N) is 1. The van der Waals surface area contributed by atoms with Crippen molar-refractivity contribution in [2.75, 3.05) is 0 Å². The van der Waals surface area contributed by atoms with Gasteiger partial charge in [-0.3, -0.25) is 0 Å². The monoisotopic (exact) mass is 278 g/mol.